The van der Waals surface area contributed by atoms with Gasteiger partial charge in [0.1, 0.15) is 6.04 Å². The Kier molecular flexibility index (Phi) is 6.73. The van der Waals surface area contributed by atoms with Crippen molar-refractivity contribution in [1.29, 1.82) is 0 Å². The van der Waals surface area contributed by atoms with Crippen LogP contribution >= 0.6 is 11.8 Å². The van der Waals surface area contributed by atoms with Crippen LogP contribution in [-0.2, 0) is 32.0 Å². The third-order valence-corrected chi connectivity index (χ3v) is 6.73. The zero-order valence-electron chi connectivity index (χ0n) is 17.5. The molecule has 1 saturated heterocycles. The van der Waals surface area contributed by atoms with Gasteiger partial charge in [-0.05, 0) is 23.1 Å². The molecule has 0 aliphatic carbocycles. The highest BCUT2D eigenvalue weighted by molar-refractivity contribution is 8.14. The zero-order valence-corrected chi connectivity index (χ0v) is 18.3. The van der Waals surface area contributed by atoms with Crippen molar-refractivity contribution in [2.45, 2.75) is 37.1 Å². The van der Waals surface area contributed by atoms with Gasteiger partial charge in [-0.3, -0.25) is 14.4 Å². The van der Waals surface area contributed by atoms with Crippen LogP contribution in [0.2, 0.25) is 0 Å². The Labute approximate surface area is 186 Å². The lowest BCUT2D eigenvalue weighted by atomic mass is 9.97. The van der Waals surface area contributed by atoms with E-state index in [1.54, 1.807) is 0 Å². The van der Waals surface area contributed by atoms with Gasteiger partial charge in [0, 0.05) is 19.9 Å². The molecule has 6 nitrogen and oxygen atoms in total. The number of fused-ring (bicyclic) bond motifs is 3. The number of amides is 2. The highest BCUT2D eigenvalue weighted by Gasteiger charge is 2.39. The molecule has 7 heteroatoms. The Morgan fingerprint density at radius 3 is 2.68 bits per heavy atom. The van der Waals surface area contributed by atoms with Crippen LogP contribution in [0.25, 0.3) is 0 Å². The number of rotatable bonds is 5. The molecule has 0 aromatic heterocycles. The molecule has 2 unspecified atom stereocenters. The lowest BCUT2D eigenvalue weighted by Crippen LogP contribution is -2.53. The summed E-state index contributed by atoms with van der Waals surface area (Å²) in [7, 11) is 0. The molecule has 1 N–H and O–H groups in total. The van der Waals surface area contributed by atoms with E-state index in [4.69, 9.17) is 4.74 Å². The number of carbonyl (C=O) groups is 3. The molecule has 2 amide bonds. The van der Waals surface area contributed by atoms with Crippen LogP contribution in [0.4, 0.5) is 0 Å². The summed E-state index contributed by atoms with van der Waals surface area (Å²) in [5.41, 5.74) is 3.09. The van der Waals surface area contributed by atoms with E-state index in [9.17, 15) is 14.4 Å². The van der Waals surface area contributed by atoms with Crippen molar-refractivity contribution >= 4 is 28.7 Å². The molecule has 4 rings (SSSR count). The smallest absolute Gasteiger partial charge is 0.246 e. The largest absolute Gasteiger partial charge is 0.377 e. The van der Waals surface area contributed by atoms with E-state index in [1.165, 1.54) is 6.92 Å². The lowest BCUT2D eigenvalue weighted by Gasteiger charge is -2.36. The molecule has 3 atom stereocenters. The normalized spacial score (nSPS) is 21.5. The number of hydrogen-bond donors (Lipinski definition) is 1. The van der Waals surface area contributed by atoms with Crippen molar-refractivity contribution in [2.75, 3.05) is 19.8 Å². The standard InChI is InChI=1S/C24H26N2O4S/c1-16(27)31-22(13-17-7-3-2-4-8-17)23(28)25-20-14-18-9-5-6-10-19(18)21-15-30-12-11-26(21)24(20)29/h2-10,20-22H,11-15H2,1H3,(H,25,28)/t20?,21?,22-/m0/s1. The van der Waals surface area contributed by atoms with Crippen LogP contribution < -0.4 is 5.32 Å². The average molecular weight is 439 g/mol. The lowest BCUT2D eigenvalue weighted by molar-refractivity contribution is -0.143. The van der Waals surface area contributed by atoms with Gasteiger partial charge in [0.25, 0.3) is 0 Å². The predicted octanol–water partition coefficient (Wildman–Crippen LogP) is 2.52. The Bertz CT molecular complexity index is 965. The molecule has 162 valence electrons. The second-order valence-electron chi connectivity index (χ2n) is 7.87. The molecule has 2 aliphatic rings. The SMILES string of the molecule is CC(=O)S[C@@H](Cc1ccccc1)C(=O)NC1Cc2ccccc2C2COCCN2C1=O. The summed E-state index contributed by atoms with van der Waals surface area (Å²) in [4.78, 5) is 40.2. The fourth-order valence-electron chi connectivity index (χ4n) is 4.27. The van der Waals surface area contributed by atoms with Crippen molar-refractivity contribution in [2.24, 2.45) is 0 Å². The molecule has 2 heterocycles. The quantitative estimate of drug-likeness (QED) is 0.776. The van der Waals surface area contributed by atoms with E-state index in [1.807, 2.05) is 59.5 Å². The fraction of sp³-hybridized carbons (Fsp3) is 0.375. The van der Waals surface area contributed by atoms with E-state index >= 15 is 0 Å². The fourth-order valence-corrected chi connectivity index (χ4v) is 5.12. The summed E-state index contributed by atoms with van der Waals surface area (Å²) in [5, 5.41) is 2.25. The van der Waals surface area contributed by atoms with Gasteiger partial charge in [-0.2, -0.15) is 0 Å². The highest BCUT2D eigenvalue weighted by Crippen LogP contribution is 2.32. The van der Waals surface area contributed by atoms with E-state index in [2.05, 4.69) is 5.32 Å². The van der Waals surface area contributed by atoms with Gasteiger partial charge < -0.3 is 15.0 Å². The molecular weight excluding hydrogens is 412 g/mol. The third-order valence-electron chi connectivity index (χ3n) is 5.73. The topological polar surface area (TPSA) is 75.7 Å². The molecule has 0 saturated carbocycles. The average Bonchev–Trinajstić information content (AvgIpc) is 2.89. The minimum Gasteiger partial charge on any atom is -0.377 e. The molecule has 0 bridgehead atoms. The molecule has 0 radical (unpaired) electrons. The maximum absolute atomic E-state index is 13.4. The summed E-state index contributed by atoms with van der Waals surface area (Å²) in [5.74, 6) is -0.379. The maximum atomic E-state index is 13.4. The number of carbonyl (C=O) groups excluding carboxylic acids is 3. The number of thioether (sulfide) groups is 1. The van der Waals surface area contributed by atoms with Gasteiger partial charge in [0.15, 0.2) is 5.12 Å². The van der Waals surface area contributed by atoms with Crippen LogP contribution in [0.3, 0.4) is 0 Å². The first-order valence-electron chi connectivity index (χ1n) is 10.5. The first kappa shape index (κ1) is 21.6. The molecule has 2 aromatic rings. The first-order chi connectivity index (χ1) is 15.0. The van der Waals surface area contributed by atoms with Gasteiger partial charge in [0.2, 0.25) is 11.8 Å². The minimum absolute atomic E-state index is 0.0934. The van der Waals surface area contributed by atoms with Crippen molar-refractivity contribution in [3.8, 4) is 0 Å². The van der Waals surface area contributed by atoms with Crippen molar-refractivity contribution in [3.05, 3.63) is 71.3 Å². The van der Waals surface area contributed by atoms with Crippen LogP contribution in [-0.4, -0.2) is 52.9 Å². The summed E-state index contributed by atoms with van der Waals surface area (Å²) in [6.45, 7) is 2.91. The molecular formula is C24H26N2O4S. The van der Waals surface area contributed by atoms with E-state index in [0.29, 0.717) is 32.6 Å². The predicted molar refractivity (Wildman–Crippen MR) is 120 cm³/mol. The van der Waals surface area contributed by atoms with Gasteiger partial charge in [0.05, 0.1) is 24.5 Å². The van der Waals surface area contributed by atoms with Crippen LogP contribution in [0.1, 0.15) is 29.7 Å². The molecule has 2 aliphatic heterocycles. The van der Waals surface area contributed by atoms with E-state index < -0.39 is 11.3 Å². The summed E-state index contributed by atoms with van der Waals surface area (Å²) < 4.78 is 5.64. The number of ether oxygens (including phenoxy) is 1. The molecule has 1 fully saturated rings. The van der Waals surface area contributed by atoms with Gasteiger partial charge >= 0.3 is 0 Å². The molecule has 2 aromatic carbocycles. The zero-order chi connectivity index (χ0) is 21.8. The van der Waals surface area contributed by atoms with Gasteiger partial charge in [-0.25, -0.2) is 0 Å². The minimum atomic E-state index is -0.664. The maximum Gasteiger partial charge on any atom is 0.246 e. The third kappa shape index (κ3) is 4.99. The second kappa shape index (κ2) is 9.66. The van der Waals surface area contributed by atoms with Crippen LogP contribution in [0.5, 0.6) is 0 Å². The molecule has 0 spiro atoms. The number of hydrogen-bond acceptors (Lipinski definition) is 5. The highest BCUT2D eigenvalue weighted by atomic mass is 32.2. The number of benzene rings is 2. The van der Waals surface area contributed by atoms with E-state index in [0.717, 1.165) is 28.5 Å². The van der Waals surface area contributed by atoms with Gasteiger partial charge in [-0.1, -0.05) is 66.4 Å². The van der Waals surface area contributed by atoms with Crippen molar-refractivity contribution in [3.63, 3.8) is 0 Å². The van der Waals surface area contributed by atoms with Crippen LogP contribution in [0.15, 0.2) is 54.6 Å². The second-order valence-corrected chi connectivity index (χ2v) is 9.25. The van der Waals surface area contributed by atoms with Crippen molar-refractivity contribution in [1.82, 2.24) is 10.2 Å². The Morgan fingerprint density at radius 2 is 1.90 bits per heavy atom. The monoisotopic (exact) mass is 438 g/mol. The van der Waals surface area contributed by atoms with Crippen molar-refractivity contribution < 1.29 is 19.1 Å². The summed E-state index contributed by atoms with van der Waals surface area (Å²) in [6, 6.07) is 16.8. The summed E-state index contributed by atoms with van der Waals surface area (Å²) >= 11 is 1.01. The first-order valence-corrected chi connectivity index (χ1v) is 11.4. The number of nitrogens with zero attached hydrogens (tertiary/aromatic N) is 1. The Morgan fingerprint density at radius 1 is 1.16 bits per heavy atom. The van der Waals surface area contributed by atoms with Gasteiger partial charge in [-0.15, -0.1) is 0 Å². The van der Waals surface area contributed by atoms with E-state index in [-0.39, 0.29) is 23.0 Å². The summed E-state index contributed by atoms with van der Waals surface area (Å²) in [6.07, 6.45) is 0.852. The Balaban J connectivity index is 1.56. The molecule has 31 heavy (non-hydrogen) atoms. The number of morpholine rings is 1. The Hall–Kier alpha value is -2.64. The van der Waals surface area contributed by atoms with Crippen LogP contribution in [0, 0.1) is 0 Å². The number of nitrogens with one attached hydrogen (secondary N) is 1.